The largest absolute Gasteiger partial charge is 1.00 e. The predicted octanol–water partition coefficient (Wildman–Crippen LogP) is -1.87. The fourth-order valence-electron chi connectivity index (χ4n) is 1.05. The Morgan fingerprint density at radius 3 is 2.56 bits per heavy atom. The molecule has 6 nitrogen and oxygen atoms in total. The first-order valence-corrected chi connectivity index (χ1v) is 6.57. The van der Waals surface area contributed by atoms with E-state index in [0.29, 0.717) is 10.7 Å². The van der Waals surface area contributed by atoms with Gasteiger partial charge in [0.05, 0.1) is 33.1 Å². The molecule has 0 amide bonds. The zero-order valence-corrected chi connectivity index (χ0v) is 13.4. The Balaban J connectivity index is 0.00000289. The van der Waals surface area contributed by atoms with E-state index >= 15 is 0 Å². The number of anilines is 1. The summed E-state index contributed by atoms with van der Waals surface area (Å²) in [5.74, 6) is -0.566. The number of benzene rings is 1. The fourth-order valence-corrected chi connectivity index (χ4v) is 1.63. The van der Waals surface area contributed by atoms with E-state index in [0.717, 1.165) is 5.12 Å². The molecule has 9 heteroatoms. The van der Waals surface area contributed by atoms with Gasteiger partial charge >= 0.3 is 29.6 Å². The average molecular weight is 300 g/mol. The van der Waals surface area contributed by atoms with Crippen molar-refractivity contribution in [2.24, 2.45) is 5.10 Å². The molecule has 94 valence electrons. The van der Waals surface area contributed by atoms with Crippen LogP contribution in [0, 0.1) is 0 Å². The van der Waals surface area contributed by atoms with Gasteiger partial charge in [0.2, 0.25) is 0 Å². The molecule has 0 atom stereocenters. The minimum Gasteiger partial charge on any atom is -0.748 e. The van der Waals surface area contributed by atoms with Crippen LogP contribution < -0.4 is 35.0 Å². The molecule has 0 saturated carbocycles. The molecule has 0 aromatic heterocycles. The molecule has 0 bridgehead atoms. The standard InChI is InChI=1S/C9H12ClN3O3S.Na/c1-11-13(6-7-17(14,15)16)12-9-5-3-2-4-8(9)10;/h2-5,12H,1,6-7H2,(H,14,15,16);/q;+1/p-1. The van der Waals surface area contributed by atoms with Crippen LogP contribution in [0.3, 0.4) is 0 Å². The number of hydrogen-bond acceptors (Lipinski definition) is 6. The van der Waals surface area contributed by atoms with Crippen LogP contribution in [0.4, 0.5) is 5.69 Å². The summed E-state index contributed by atoms with van der Waals surface area (Å²) in [6, 6.07) is 6.85. The molecule has 0 spiro atoms. The predicted molar refractivity (Wildman–Crippen MR) is 65.9 cm³/mol. The van der Waals surface area contributed by atoms with Crippen molar-refractivity contribution in [1.82, 2.24) is 5.12 Å². The molecule has 0 fully saturated rings. The number of halogens is 1. The summed E-state index contributed by atoms with van der Waals surface area (Å²) >= 11 is 5.88. The molecule has 1 aromatic rings. The second-order valence-corrected chi connectivity index (χ2v) is 5.05. The Hall–Kier alpha value is -0.310. The number of rotatable bonds is 6. The minimum absolute atomic E-state index is 0. The third kappa shape index (κ3) is 6.58. The van der Waals surface area contributed by atoms with Crippen LogP contribution in [0.2, 0.25) is 5.02 Å². The van der Waals surface area contributed by atoms with Crippen molar-refractivity contribution in [1.29, 1.82) is 0 Å². The molecule has 0 saturated heterocycles. The molecule has 0 radical (unpaired) electrons. The van der Waals surface area contributed by atoms with Crippen LogP contribution in [0.15, 0.2) is 29.4 Å². The number of hydrazine groups is 1. The van der Waals surface area contributed by atoms with Gasteiger partial charge in [-0.3, -0.25) is 5.43 Å². The van der Waals surface area contributed by atoms with E-state index < -0.39 is 15.9 Å². The smallest absolute Gasteiger partial charge is 0.748 e. The molecule has 0 aliphatic rings. The maximum atomic E-state index is 10.5. The van der Waals surface area contributed by atoms with E-state index in [1.54, 1.807) is 24.3 Å². The van der Waals surface area contributed by atoms with E-state index in [1.165, 1.54) is 0 Å². The van der Waals surface area contributed by atoms with E-state index in [-0.39, 0.29) is 36.1 Å². The van der Waals surface area contributed by atoms with Crippen molar-refractivity contribution in [3.8, 4) is 0 Å². The minimum atomic E-state index is -4.28. The Bertz CT molecular complexity index is 498. The summed E-state index contributed by atoms with van der Waals surface area (Å²) in [6.45, 7) is 3.15. The maximum absolute atomic E-state index is 10.5. The first-order chi connectivity index (χ1) is 7.92. The molecule has 0 aliphatic carbocycles. The van der Waals surface area contributed by atoms with Crippen LogP contribution in [-0.4, -0.2) is 37.1 Å². The van der Waals surface area contributed by atoms with Gasteiger partial charge < -0.3 is 4.55 Å². The summed E-state index contributed by atoms with van der Waals surface area (Å²) in [5, 5.41) is 5.12. The van der Waals surface area contributed by atoms with Gasteiger partial charge in [-0.15, -0.1) is 0 Å². The third-order valence-corrected chi connectivity index (χ3v) is 2.86. The van der Waals surface area contributed by atoms with E-state index in [1.807, 2.05) is 0 Å². The van der Waals surface area contributed by atoms with Crippen LogP contribution in [-0.2, 0) is 10.1 Å². The zero-order valence-electron chi connectivity index (χ0n) is 9.84. The van der Waals surface area contributed by atoms with Crippen molar-refractivity contribution in [3.05, 3.63) is 29.3 Å². The van der Waals surface area contributed by atoms with Crippen molar-refractivity contribution < 1.29 is 42.5 Å². The number of nitrogens with one attached hydrogen (secondary N) is 1. The summed E-state index contributed by atoms with van der Waals surface area (Å²) in [7, 11) is -4.28. The third-order valence-electron chi connectivity index (χ3n) is 1.85. The summed E-state index contributed by atoms with van der Waals surface area (Å²) in [4.78, 5) is 0. The summed E-state index contributed by atoms with van der Waals surface area (Å²) < 4.78 is 31.4. The van der Waals surface area contributed by atoms with Gasteiger partial charge in [0.15, 0.2) is 0 Å². The molecule has 1 aromatic carbocycles. The Kier molecular flexibility index (Phi) is 7.84. The number of para-hydroxylation sites is 1. The van der Waals surface area contributed by atoms with Gasteiger partial charge in [-0.1, -0.05) is 23.7 Å². The topological polar surface area (TPSA) is 84.8 Å². The van der Waals surface area contributed by atoms with Gasteiger partial charge in [0.1, 0.15) is 0 Å². The molecule has 0 aliphatic heterocycles. The number of hydrogen-bond donors (Lipinski definition) is 1. The number of hydrazone groups is 1. The first-order valence-electron chi connectivity index (χ1n) is 4.61. The second kappa shape index (κ2) is 7.98. The Labute approximate surface area is 133 Å². The van der Waals surface area contributed by atoms with Crippen molar-refractivity contribution in [2.75, 3.05) is 17.7 Å². The van der Waals surface area contributed by atoms with Gasteiger partial charge in [-0.2, -0.15) is 5.10 Å². The SMILES string of the molecule is C=NN(CCS(=O)(=O)[O-])Nc1ccccc1Cl.[Na+]. The van der Waals surface area contributed by atoms with Crippen LogP contribution >= 0.6 is 11.6 Å². The van der Waals surface area contributed by atoms with E-state index in [9.17, 15) is 13.0 Å². The van der Waals surface area contributed by atoms with Crippen LogP contribution in [0.25, 0.3) is 0 Å². The number of nitrogens with zero attached hydrogens (tertiary/aromatic N) is 2. The molecule has 0 heterocycles. The van der Waals surface area contributed by atoms with Crippen LogP contribution in [0.1, 0.15) is 0 Å². The van der Waals surface area contributed by atoms with Crippen molar-refractivity contribution >= 4 is 34.1 Å². The second-order valence-electron chi connectivity index (χ2n) is 3.12. The van der Waals surface area contributed by atoms with Crippen molar-refractivity contribution in [3.63, 3.8) is 0 Å². The summed E-state index contributed by atoms with van der Waals surface area (Å²) in [5.41, 5.74) is 3.28. The van der Waals surface area contributed by atoms with Crippen molar-refractivity contribution in [2.45, 2.75) is 0 Å². The molecule has 1 N–H and O–H groups in total. The van der Waals surface area contributed by atoms with E-state index in [2.05, 4.69) is 17.2 Å². The molecule has 1 rings (SSSR count). The maximum Gasteiger partial charge on any atom is 1.00 e. The quantitative estimate of drug-likeness (QED) is 0.288. The van der Waals surface area contributed by atoms with Gasteiger partial charge in [-0.05, 0) is 12.1 Å². The van der Waals surface area contributed by atoms with Crippen LogP contribution in [0.5, 0.6) is 0 Å². The Morgan fingerprint density at radius 2 is 2.06 bits per heavy atom. The first kappa shape index (κ1) is 17.7. The molecule has 0 unspecified atom stereocenters. The van der Waals surface area contributed by atoms with Gasteiger partial charge in [0, 0.05) is 6.72 Å². The fraction of sp³-hybridized carbons (Fsp3) is 0.222. The monoisotopic (exact) mass is 299 g/mol. The van der Waals surface area contributed by atoms with Gasteiger partial charge in [0.25, 0.3) is 0 Å². The zero-order chi connectivity index (χ0) is 12.9. The average Bonchev–Trinajstić information content (AvgIpc) is 2.25. The molecule has 18 heavy (non-hydrogen) atoms. The molecular formula is C9H11ClN3NaO3S. The Morgan fingerprint density at radius 1 is 1.44 bits per heavy atom. The van der Waals surface area contributed by atoms with Gasteiger partial charge in [-0.25, -0.2) is 13.5 Å². The van der Waals surface area contributed by atoms with E-state index in [4.69, 9.17) is 11.6 Å². The normalized spacial score (nSPS) is 10.3. The molecular weight excluding hydrogens is 289 g/mol. The summed E-state index contributed by atoms with van der Waals surface area (Å²) in [6.07, 6.45) is 0.